The molecule has 5 aliphatic rings. The number of thiazole rings is 1. The van der Waals surface area contributed by atoms with E-state index in [1.54, 1.807) is 29.7 Å². The molecule has 4 saturated heterocycles. The number of phenols is 1. The number of hydrogen-bond donors (Lipinski definition) is 5. The lowest BCUT2D eigenvalue weighted by molar-refractivity contribution is -0.145. The quantitative estimate of drug-likeness (QED) is 0.0656. The number of piperazine rings is 1. The Balaban J connectivity index is 0.727. The van der Waals surface area contributed by atoms with Gasteiger partial charge in [0, 0.05) is 68.4 Å². The minimum atomic E-state index is -0.902. The number of aromatic hydroxyl groups is 1. The van der Waals surface area contributed by atoms with Crippen molar-refractivity contribution < 1.29 is 33.7 Å². The lowest BCUT2D eigenvalue weighted by Gasteiger charge is -2.37. The zero-order chi connectivity index (χ0) is 55.3. The van der Waals surface area contributed by atoms with Crippen molar-refractivity contribution in [3.8, 4) is 33.5 Å². The van der Waals surface area contributed by atoms with Gasteiger partial charge in [-0.1, -0.05) is 70.2 Å². The Bertz CT molecular complexity index is 3220. The molecular formula is C61H75FN10O6S. The molecule has 6 aromatic rings. The third-order valence-corrected chi connectivity index (χ3v) is 18.5. The fourth-order valence-corrected chi connectivity index (χ4v) is 14.0. The van der Waals surface area contributed by atoms with E-state index in [9.17, 15) is 24.6 Å². The maximum absolute atomic E-state index is 17.3. The van der Waals surface area contributed by atoms with Gasteiger partial charge in [0.15, 0.2) is 5.82 Å². The number of rotatable bonds is 15. The SMILES string of the molecule is CCc1cccc2cc(O)cc(-c3ncc4c(N5C[C@H]6CC[C@@H](C5)N6)nc(OC[C@@H]5CCCN5CC5CCC(C(=O)N[C@H](C(=O)N6C[C@H](O)C[C@H]6C(=O)N[C@@H](C)c6ccc(-c7scnc7C)cc6)C(C)(C)C)CC5)nc4c3F)c12. The molecule has 3 aromatic heterocycles. The maximum atomic E-state index is 17.3. The highest BCUT2D eigenvalue weighted by molar-refractivity contribution is 7.13. The summed E-state index contributed by atoms with van der Waals surface area (Å²) in [5, 5.41) is 33.8. The maximum Gasteiger partial charge on any atom is 0.319 e. The molecule has 1 aliphatic carbocycles. The van der Waals surface area contributed by atoms with Gasteiger partial charge < -0.3 is 40.7 Å². The Morgan fingerprint density at radius 3 is 2.41 bits per heavy atom. The summed E-state index contributed by atoms with van der Waals surface area (Å²) in [7, 11) is 0. The summed E-state index contributed by atoms with van der Waals surface area (Å²) in [6.07, 6.45) is 8.83. The van der Waals surface area contributed by atoms with Crippen LogP contribution in [-0.2, 0) is 20.8 Å². The molecule has 2 bridgehead atoms. The summed E-state index contributed by atoms with van der Waals surface area (Å²) in [4.78, 5) is 68.7. The third kappa shape index (κ3) is 11.4. The molecule has 0 radical (unpaired) electrons. The van der Waals surface area contributed by atoms with Crippen molar-refractivity contribution in [1.29, 1.82) is 0 Å². The van der Waals surface area contributed by atoms with Gasteiger partial charge in [0.2, 0.25) is 17.7 Å². The van der Waals surface area contributed by atoms with Crippen LogP contribution in [-0.4, -0.2) is 133 Å². The number of likely N-dealkylation sites (tertiary alicyclic amines) is 2. The van der Waals surface area contributed by atoms with Crippen LogP contribution in [0.4, 0.5) is 10.2 Å². The average molecular weight is 1100 g/mol. The van der Waals surface area contributed by atoms with Crippen LogP contribution in [0.1, 0.15) is 115 Å². The first kappa shape index (κ1) is 54.6. The number of pyridine rings is 1. The van der Waals surface area contributed by atoms with E-state index in [1.807, 2.05) is 82.6 Å². The van der Waals surface area contributed by atoms with Crippen molar-refractivity contribution in [2.75, 3.05) is 44.2 Å². The standard InChI is InChI=1S/C61H75FN10O6S/c1-7-37-10-8-11-41-24-45(73)25-47(50(37)41)52-51(62)53-48(27-63-52)56(71-29-42-21-22-43(30-71)66-42)69-60(67-53)78-32-44-12-9-23-70(44)28-36-13-15-40(16-14-36)57(75)68-55(61(4,5)6)59(77)72-31-46(74)26-49(72)58(76)65-34(2)38-17-19-39(20-18-38)54-35(3)64-33-79-54/h8,10-11,17-20,24-25,27,33-34,36,40,42-44,46,49,55,66,73-74H,7,9,12-16,21-23,26,28-32H2,1-6H3,(H,65,76)(H,68,75)/t34-,36?,40?,42-,43+,44-,46+,49-,55+/m0/s1. The van der Waals surface area contributed by atoms with Crippen LogP contribution in [0.5, 0.6) is 11.8 Å². The predicted octanol–water partition coefficient (Wildman–Crippen LogP) is 8.64. The van der Waals surface area contributed by atoms with Gasteiger partial charge in [0.25, 0.3) is 0 Å². The molecule has 5 N–H and O–H groups in total. The molecule has 0 unspecified atom stereocenters. The Morgan fingerprint density at radius 1 is 0.937 bits per heavy atom. The number of aromatic nitrogens is 4. The zero-order valence-electron chi connectivity index (χ0n) is 46.3. The van der Waals surface area contributed by atoms with Gasteiger partial charge >= 0.3 is 6.01 Å². The molecule has 1 saturated carbocycles. The first-order valence-electron chi connectivity index (χ1n) is 28.6. The number of phenolic OH excluding ortho intramolecular Hbond substituents is 1. The highest BCUT2D eigenvalue weighted by Crippen LogP contribution is 2.40. The number of aliphatic hydroxyl groups is 1. The fourth-order valence-electron chi connectivity index (χ4n) is 13.2. The topological polar surface area (TPSA) is 198 Å². The molecule has 3 amide bonds. The Hall–Kier alpha value is -6.34. The minimum Gasteiger partial charge on any atom is -0.508 e. The zero-order valence-corrected chi connectivity index (χ0v) is 47.1. The summed E-state index contributed by atoms with van der Waals surface area (Å²) in [6.45, 7) is 15.3. The molecule has 5 fully saturated rings. The Labute approximate surface area is 466 Å². The number of anilines is 1. The normalized spacial score (nSPS) is 24.3. The molecule has 11 rings (SSSR count). The Morgan fingerprint density at radius 2 is 1.70 bits per heavy atom. The number of aliphatic hydroxyl groups excluding tert-OH is 1. The Kier molecular flexibility index (Phi) is 15.7. The number of amides is 3. The van der Waals surface area contributed by atoms with E-state index in [4.69, 9.17) is 19.7 Å². The minimum absolute atomic E-state index is 0.00810. The van der Waals surface area contributed by atoms with Crippen molar-refractivity contribution in [2.45, 2.75) is 148 Å². The summed E-state index contributed by atoms with van der Waals surface area (Å²) >= 11 is 1.58. The van der Waals surface area contributed by atoms with E-state index in [0.717, 1.165) is 109 Å². The molecule has 0 spiro atoms. The van der Waals surface area contributed by atoms with Crippen molar-refractivity contribution in [3.05, 3.63) is 88.9 Å². The van der Waals surface area contributed by atoms with Crippen LogP contribution >= 0.6 is 11.3 Å². The van der Waals surface area contributed by atoms with Gasteiger partial charge in [-0.15, -0.1) is 11.3 Å². The van der Waals surface area contributed by atoms with Gasteiger partial charge in [-0.25, -0.2) is 9.37 Å². The number of carbonyl (C=O) groups excluding carboxylic acids is 3. The number of hydrogen-bond acceptors (Lipinski definition) is 14. The second-order valence-electron chi connectivity index (χ2n) is 24.1. The van der Waals surface area contributed by atoms with Crippen molar-refractivity contribution in [2.24, 2.45) is 17.3 Å². The van der Waals surface area contributed by atoms with Gasteiger partial charge in [-0.2, -0.15) is 9.97 Å². The van der Waals surface area contributed by atoms with Gasteiger partial charge in [-0.05, 0) is 129 Å². The third-order valence-electron chi connectivity index (χ3n) is 17.5. The number of aryl methyl sites for hydroxylation is 2. The lowest BCUT2D eigenvalue weighted by atomic mass is 9.80. The molecule has 79 heavy (non-hydrogen) atoms. The summed E-state index contributed by atoms with van der Waals surface area (Å²) in [6, 6.07) is 15.9. The molecule has 418 valence electrons. The number of benzene rings is 3. The molecule has 18 heteroatoms. The van der Waals surface area contributed by atoms with Gasteiger partial charge in [-0.3, -0.25) is 24.3 Å². The van der Waals surface area contributed by atoms with E-state index >= 15 is 4.39 Å². The molecule has 3 aromatic carbocycles. The van der Waals surface area contributed by atoms with E-state index < -0.39 is 29.4 Å². The largest absolute Gasteiger partial charge is 0.508 e. The number of ether oxygens (including phenoxy) is 1. The predicted molar refractivity (Wildman–Crippen MR) is 305 cm³/mol. The van der Waals surface area contributed by atoms with Crippen LogP contribution in [0.25, 0.3) is 43.4 Å². The summed E-state index contributed by atoms with van der Waals surface area (Å²) < 4.78 is 23.8. The molecule has 7 heterocycles. The first-order valence-corrected chi connectivity index (χ1v) is 29.5. The smallest absolute Gasteiger partial charge is 0.319 e. The summed E-state index contributed by atoms with van der Waals surface area (Å²) in [5.74, 6) is -0.702. The van der Waals surface area contributed by atoms with Crippen molar-refractivity contribution in [3.63, 3.8) is 0 Å². The van der Waals surface area contributed by atoms with Crippen LogP contribution in [0.2, 0.25) is 0 Å². The number of carbonyl (C=O) groups is 3. The highest BCUT2D eigenvalue weighted by Gasteiger charge is 2.46. The number of halogens is 1. The van der Waals surface area contributed by atoms with Crippen molar-refractivity contribution >= 4 is 56.6 Å². The van der Waals surface area contributed by atoms with E-state index in [-0.39, 0.29) is 71.7 Å². The van der Waals surface area contributed by atoms with Gasteiger partial charge in [0.1, 0.15) is 41.5 Å². The molecular weight excluding hydrogens is 1020 g/mol. The van der Waals surface area contributed by atoms with E-state index in [2.05, 4.69) is 37.7 Å². The number of nitrogens with zero attached hydrogens (tertiary/aromatic N) is 7. The van der Waals surface area contributed by atoms with Crippen LogP contribution in [0, 0.1) is 30.0 Å². The van der Waals surface area contributed by atoms with Crippen LogP contribution in [0.3, 0.4) is 0 Å². The van der Waals surface area contributed by atoms with Gasteiger partial charge in [0.05, 0.1) is 33.6 Å². The molecule has 16 nitrogen and oxygen atoms in total. The first-order chi connectivity index (χ1) is 38.0. The second-order valence-corrected chi connectivity index (χ2v) is 24.9. The average Bonchev–Trinajstić information content (AvgIpc) is 4.29. The number of nitrogens with one attached hydrogen (secondary N) is 3. The van der Waals surface area contributed by atoms with Crippen LogP contribution in [0.15, 0.2) is 66.3 Å². The molecule has 4 aliphatic heterocycles. The second kappa shape index (κ2) is 22.7. The lowest BCUT2D eigenvalue weighted by Crippen LogP contribution is -2.58. The van der Waals surface area contributed by atoms with Crippen molar-refractivity contribution in [1.82, 2.24) is 45.7 Å². The number of β-amino-alcohol motifs (C(OH)–C–C–N with tert-alkyl or cyclic N) is 1. The molecule has 7 atom stereocenters. The highest BCUT2D eigenvalue weighted by atomic mass is 32.1. The number of fused-ring (bicyclic) bond motifs is 4. The van der Waals surface area contributed by atoms with E-state index in [1.165, 1.54) is 4.90 Å². The fraction of sp³-hybridized carbons (Fsp3) is 0.525. The van der Waals surface area contributed by atoms with Crippen LogP contribution < -0.4 is 25.6 Å². The van der Waals surface area contributed by atoms with E-state index in [0.29, 0.717) is 54.2 Å². The summed E-state index contributed by atoms with van der Waals surface area (Å²) in [5.41, 5.74) is 5.89. The monoisotopic (exact) mass is 1090 g/mol.